The van der Waals surface area contributed by atoms with Crippen molar-refractivity contribution in [1.29, 1.82) is 0 Å². The van der Waals surface area contributed by atoms with Crippen LogP contribution in [0.15, 0.2) is 0 Å². The molecule has 14 nitrogen and oxygen atoms in total. The largest absolute Gasteiger partial charge is 0.379 e. The Morgan fingerprint density at radius 2 is 1.14 bits per heavy atom. The lowest BCUT2D eigenvalue weighted by atomic mass is 10.1. The fourth-order valence-corrected chi connectivity index (χ4v) is 4.85. The maximum absolute atomic E-state index is 11.8. The molecule has 0 aromatic rings. The summed E-state index contributed by atoms with van der Waals surface area (Å²) in [5, 5.41) is -0.0643. The average molecular weight is 665 g/mol. The lowest BCUT2D eigenvalue weighted by Crippen LogP contribution is -2.33. The van der Waals surface area contributed by atoms with Gasteiger partial charge in [-0.05, 0) is 45.8 Å². The van der Waals surface area contributed by atoms with Crippen molar-refractivity contribution in [2.24, 2.45) is 5.73 Å². The zero-order valence-electron chi connectivity index (χ0n) is 23.9. The molecule has 0 aromatic heterocycles. The zero-order valence-corrected chi connectivity index (χ0v) is 26.4. The van der Waals surface area contributed by atoms with Crippen LogP contribution in [0.5, 0.6) is 0 Å². The van der Waals surface area contributed by atoms with Crippen molar-refractivity contribution in [2.75, 3.05) is 73.0 Å². The molecule has 0 bridgehead atoms. The first-order valence-electron chi connectivity index (χ1n) is 12.9. The quantitative estimate of drug-likeness (QED) is 0.0569. The maximum atomic E-state index is 11.8. The van der Waals surface area contributed by atoms with Crippen LogP contribution in [-0.2, 0) is 48.8 Å². The first kappa shape index (κ1) is 44.8. The summed E-state index contributed by atoms with van der Waals surface area (Å²) in [5.74, 6) is 3.58. The molecule has 0 amide bonds. The van der Waals surface area contributed by atoms with Gasteiger partial charge in [0, 0.05) is 26.1 Å². The van der Waals surface area contributed by atoms with Gasteiger partial charge in [0.25, 0.3) is 20.2 Å². The van der Waals surface area contributed by atoms with Crippen molar-refractivity contribution in [1.82, 2.24) is 5.32 Å². The molecule has 0 aliphatic carbocycles. The number of carbonyl (C=O) groups is 2. The highest BCUT2D eigenvalue weighted by molar-refractivity contribution is 7.87. The molecule has 0 spiro atoms. The molecular weight excluding hydrogens is 620 g/mol. The highest BCUT2D eigenvalue weighted by Crippen LogP contribution is 2.10. The van der Waals surface area contributed by atoms with Gasteiger partial charge in [0.2, 0.25) is 0 Å². The summed E-state index contributed by atoms with van der Waals surface area (Å²) in [4.78, 5) is 23.5. The summed E-state index contributed by atoms with van der Waals surface area (Å²) in [7, 11) is -7.12. The van der Waals surface area contributed by atoms with Crippen molar-refractivity contribution in [2.45, 2.75) is 49.0 Å². The number of nitrogens with two attached hydrogens (primary N) is 1. The van der Waals surface area contributed by atoms with Gasteiger partial charge in [0.1, 0.15) is 23.7 Å². The first-order chi connectivity index (χ1) is 19.4. The number of hydrogen-bond donors (Lipinski definition) is 4. The van der Waals surface area contributed by atoms with Gasteiger partial charge in [0.15, 0.2) is 11.6 Å². The average Bonchev–Trinajstić information content (AvgIpc) is 2.89. The summed E-state index contributed by atoms with van der Waals surface area (Å²) in [6.07, 6.45) is 10.7. The maximum Gasteiger partial charge on any atom is 0.275 e. The van der Waals surface area contributed by atoms with Gasteiger partial charge in [-0.3, -0.25) is 18.7 Å². The molecule has 0 saturated carbocycles. The van der Waals surface area contributed by atoms with Crippen LogP contribution >= 0.6 is 12.4 Å². The predicted octanol–water partition coefficient (Wildman–Crippen LogP) is -0.103. The van der Waals surface area contributed by atoms with E-state index in [0.717, 1.165) is 0 Å². The Bertz CT molecular complexity index is 1010. The molecular formula is C25H45ClN2O12S2. The molecule has 0 aromatic carbocycles. The smallest absolute Gasteiger partial charge is 0.275 e. The molecule has 42 heavy (non-hydrogen) atoms. The second-order valence-electron chi connectivity index (χ2n) is 8.35. The van der Waals surface area contributed by atoms with E-state index in [1.165, 1.54) is 0 Å². The molecule has 0 heterocycles. The van der Waals surface area contributed by atoms with Crippen LogP contribution < -0.4 is 11.1 Å². The Kier molecular flexibility index (Phi) is 30.0. The summed E-state index contributed by atoms with van der Waals surface area (Å²) in [6, 6.07) is 0. The first-order valence-corrected chi connectivity index (χ1v) is 15.9. The minimum absolute atomic E-state index is 0. The lowest BCUT2D eigenvalue weighted by molar-refractivity contribution is -0.120. The summed E-state index contributed by atoms with van der Waals surface area (Å²) in [6.45, 7) is 2.84. The third-order valence-electron chi connectivity index (χ3n) is 5.06. The van der Waals surface area contributed by atoms with Gasteiger partial charge in [-0.15, -0.1) is 25.3 Å². The molecule has 2 unspecified atom stereocenters. The minimum Gasteiger partial charge on any atom is -0.379 e. The Morgan fingerprint density at radius 1 is 0.762 bits per heavy atom. The van der Waals surface area contributed by atoms with Crippen molar-refractivity contribution in [3.8, 4) is 24.7 Å². The summed E-state index contributed by atoms with van der Waals surface area (Å²) < 4.78 is 82.7. The van der Waals surface area contributed by atoms with Crippen LogP contribution in [-0.4, -0.2) is 121 Å². The van der Waals surface area contributed by atoms with Gasteiger partial charge in [-0.2, -0.15) is 16.8 Å². The number of nitrogens with one attached hydrogen (secondary N) is 1. The molecule has 0 rings (SSSR count). The van der Waals surface area contributed by atoms with E-state index in [1.54, 1.807) is 7.05 Å². The van der Waals surface area contributed by atoms with E-state index in [1.807, 2.05) is 0 Å². The number of rotatable bonds is 25. The molecule has 0 aliphatic heterocycles. The van der Waals surface area contributed by atoms with E-state index in [0.29, 0.717) is 59.0 Å². The monoisotopic (exact) mass is 664 g/mol. The second-order valence-corrected chi connectivity index (χ2v) is 11.6. The number of hydrogen-bond acceptors (Lipinski definition) is 12. The van der Waals surface area contributed by atoms with Crippen molar-refractivity contribution >= 4 is 44.2 Å². The van der Waals surface area contributed by atoms with Crippen LogP contribution in [0, 0.1) is 24.7 Å². The minimum atomic E-state index is -4.39. The van der Waals surface area contributed by atoms with Crippen molar-refractivity contribution in [3.63, 3.8) is 0 Å². The number of ether oxygens (including phenoxy) is 4. The van der Waals surface area contributed by atoms with E-state index in [4.69, 9.17) is 46.6 Å². The van der Waals surface area contributed by atoms with Crippen LogP contribution in [0.4, 0.5) is 0 Å². The van der Waals surface area contributed by atoms with Crippen LogP contribution in [0.2, 0.25) is 0 Å². The Balaban J connectivity index is -0.000000708. The summed E-state index contributed by atoms with van der Waals surface area (Å²) in [5.41, 5.74) is 5.22. The Labute approximate surface area is 256 Å². The van der Waals surface area contributed by atoms with E-state index in [2.05, 4.69) is 17.2 Å². The zero-order chi connectivity index (χ0) is 31.6. The van der Waals surface area contributed by atoms with Gasteiger partial charge < -0.3 is 30.0 Å². The van der Waals surface area contributed by atoms with E-state index in [-0.39, 0.29) is 57.8 Å². The van der Waals surface area contributed by atoms with Gasteiger partial charge in [-0.25, -0.2) is 0 Å². The van der Waals surface area contributed by atoms with Gasteiger partial charge >= 0.3 is 0 Å². The third kappa shape index (κ3) is 26.0. The highest BCUT2D eigenvalue weighted by Gasteiger charge is 2.30. The van der Waals surface area contributed by atoms with Crippen LogP contribution in [0.3, 0.4) is 0 Å². The highest BCUT2D eigenvalue weighted by atomic mass is 35.5. The number of halogens is 1. The van der Waals surface area contributed by atoms with Gasteiger partial charge in [0.05, 0.1) is 26.4 Å². The Morgan fingerprint density at radius 3 is 1.48 bits per heavy atom. The fourth-order valence-electron chi connectivity index (χ4n) is 3.10. The number of ketones is 2. The molecule has 0 radical (unpaired) electrons. The third-order valence-corrected chi connectivity index (χ3v) is 7.50. The molecule has 17 heteroatoms. The van der Waals surface area contributed by atoms with Crippen LogP contribution in [0.25, 0.3) is 0 Å². The molecule has 0 aliphatic rings. The number of terminal acetylenes is 2. The molecule has 246 valence electrons. The molecule has 0 fully saturated rings. The normalized spacial score (nSPS) is 12.5. The standard InChI is InChI=1S/C13H23NO6S.C12H21NO6S.ClH/c1-3-8-19-10-11-20-9-4-5-12(15)13(6-7-14-2)21(16,17)18;1-2-7-18-9-10-19-8-3-4-11(14)12(5-6-13)20(15,16)17;/h1,13-14H,4-11H2,2H3,(H,16,17,18);1,12H,3-10,13H2,(H,15,16,17);1H. The number of Topliss-reactive ketones (excluding diaryl/α,β-unsaturated/α-hetero) is 2. The lowest BCUT2D eigenvalue weighted by Gasteiger charge is -2.12. The SMILES string of the molecule is C#CCOCCOCCCC(=O)C(CCN)S(=O)(=O)O.C#CCOCCOCCCC(=O)C(CCNC)S(=O)(=O)O.Cl. The van der Waals surface area contributed by atoms with Crippen molar-refractivity contribution in [3.05, 3.63) is 0 Å². The second kappa shape index (κ2) is 28.1. The Hall–Kier alpha value is -1.67. The summed E-state index contributed by atoms with van der Waals surface area (Å²) >= 11 is 0. The van der Waals surface area contributed by atoms with E-state index < -0.39 is 42.3 Å². The van der Waals surface area contributed by atoms with E-state index >= 15 is 0 Å². The molecule has 0 saturated heterocycles. The topological polar surface area (TPSA) is 218 Å². The molecule has 2 atom stereocenters. The fraction of sp³-hybridized carbons (Fsp3) is 0.760. The number of carbonyl (C=O) groups excluding carboxylic acids is 2. The molecule has 5 N–H and O–H groups in total. The van der Waals surface area contributed by atoms with Crippen molar-refractivity contribution < 1.29 is 54.5 Å². The van der Waals surface area contributed by atoms with Gasteiger partial charge in [-0.1, -0.05) is 11.8 Å². The van der Waals surface area contributed by atoms with E-state index in [9.17, 15) is 26.4 Å². The predicted molar refractivity (Wildman–Crippen MR) is 160 cm³/mol. The van der Waals surface area contributed by atoms with Crippen LogP contribution in [0.1, 0.15) is 38.5 Å².